The van der Waals surface area contributed by atoms with Crippen LogP contribution in [0.4, 0.5) is 5.82 Å². The Morgan fingerprint density at radius 1 is 1.03 bits per heavy atom. The van der Waals surface area contributed by atoms with Gasteiger partial charge < -0.3 is 10.8 Å². The number of pyridine rings is 1. The number of benzene rings is 2. The third-order valence-corrected chi connectivity index (χ3v) is 7.05. The summed E-state index contributed by atoms with van der Waals surface area (Å²) in [5.41, 5.74) is 9.34. The van der Waals surface area contributed by atoms with Crippen LogP contribution in [0.5, 0.6) is 5.88 Å². The number of hydrogen-bond donors (Lipinski definition) is 2. The summed E-state index contributed by atoms with van der Waals surface area (Å²) in [6.45, 7) is 0. The summed E-state index contributed by atoms with van der Waals surface area (Å²) >= 11 is 5.27. The molecular weight excluding hydrogens is 474 g/mol. The van der Waals surface area contributed by atoms with Crippen LogP contribution >= 0.6 is 27.9 Å². The maximum absolute atomic E-state index is 10.0. The van der Waals surface area contributed by atoms with Gasteiger partial charge in [-0.15, -0.1) is 0 Å². The highest BCUT2D eigenvalue weighted by atomic mass is 79.9. The number of halogens is 1. The van der Waals surface area contributed by atoms with Gasteiger partial charge in [-0.3, -0.25) is 0 Å². The predicted molar refractivity (Wildman–Crippen MR) is 129 cm³/mol. The van der Waals surface area contributed by atoms with Crippen molar-refractivity contribution in [3.8, 4) is 28.4 Å². The fourth-order valence-electron chi connectivity index (χ4n) is 3.46. The number of hydrogen-bond acceptors (Lipinski definition) is 7. The normalized spacial score (nSPS) is 13.8. The summed E-state index contributed by atoms with van der Waals surface area (Å²) in [5.74, 6) is 0.346. The molecule has 3 N–H and O–H groups in total. The van der Waals surface area contributed by atoms with Gasteiger partial charge in [-0.05, 0) is 72.0 Å². The van der Waals surface area contributed by atoms with Gasteiger partial charge in [0.25, 0.3) is 0 Å². The zero-order valence-corrected chi connectivity index (χ0v) is 19.2. The molecule has 0 radical (unpaired) electrons. The molecule has 5 rings (SSSR count). The van der Waals surface area contributed by atoms with Gasteiger partial charge in [-0.25, -0.2) is 19.3 Å². The van der Waals surface area contributed by atoms with Gasteiger partial charge in [0.1, 0.15) is 11.5 Å². The lowest BCUT2D eigenvalue weighted by Gasteiger charge is -2.14. The Labute approximate surface area is 192 Å². The summed E-state index contributed by atoms with van der Waals surface area (Å²) in [7, 11) is 2.14. The lowest BCUT2D eigenvalue weighted by atomic mass is 10.1. The van der Waals surface area contributed by atoms with E-state index in [4.69, 9.17) is 10.7 Å². The molecule has 8 heteroatoms. The number of aromatic hydroxyl groups is 1. The van der Waals surface area contributed by atoms with Crippen LogP contribution in [0.2, 0.25) is 0 Å². The van der Waals surface area contributed by atoms with Gasteiger partial charge in [0.05, 0.1) is 11.9 Å². The molecule has 6 nitrogen and oxygen atoms in total. The van der Waals surface area contributed by atoms with Crippen molar-refractivity contribution in [1.82, 2.24) is 19.3 Å². The molecular formula is C23H20BrN5OS. The second-order valence-corrected chi connectivity index (χ2v) is 9.66. The van der Waals surface area contributed by atoms with E-state index in [2.05, 4.69) is 61.5 Å². The van der Waals surface area contributed by atoms with E-state index in [1.54, 1.807) is 24.3 Å². The first-order valence-electron chi connectivity index (χ1n) is 9.91. The Bertz CT molecular complexity index is 1280. The Balaban J connectivity index is 1.48. The molecule has 1 aliphatic rings. The first kappa shape index (κ1) is 20.2. The molecule has 2 aromatic heterocycles. The quantitative estimate of drug-likeness (QED) is 0.354. The molecule has 0 bridgehead atoms. The molecule has 0 atom stereocenters. The van der Waals surface area contributed by atoms with E-state index in [0.29, 0.717) is 22.9 Å². The van der Waals surface area contributed by atoms with Crippen LogP contribution in [0.15, 0.2) is 64.2 Å². The van der Waals surface area contributed by atoms with E-state index >= 15 is 0 Å². The molecule has 1 saturated carbocycles. The van der Waals surface area contributed by atoms with Crippen LogP contribution in [-0.4, -0.2) is 37.5 Å². The number of fused-ring (bicyclic) bond motifs is 1. The number of nitrogens with two attached hydrogens (primary N) is 1. The SMILES string of the molecule is CN(Sc1ccc(-c2cnc(N)c(-c3ccc4c(O)ncc(Br)c4c3)n2)cc1)C1CC1. The fraction of sp³-hybridized carbons (Fsp3) is 0.174. The zero-order valence-electron chi connectivity index (χ0n) is 16.8. The van der Waals surface area contributed by atoms with Crippen molar-refractivity contribution >= 4 is 44.5 Å². The van der Waals surface area contributed by atoms with Crippen LogP contribution in [0.25, 0.3) is 33.3 Å². The van der Waals surface area contributed by atoms with Crippen molar-refractivity contribution in [2.24, 2.45) is 0 Å². The molecule has 0 aliphatic heterocycles. The molecule has 2 aromatic carbocycles. The smallest absolute Gasteiger partial charge is 0.218 e. The highest BCUT2D eigenvalue weighted by Gasteiger charge is 2.26. The number of aromatic nitrogens is 3. The topological polar surface area (TPSA) is 88.2 Å². The van der Waals surface area contributed by atoms with Crippen LogP contribution in [0, 0.1) is 0 Å². The molecule has 2 heterocycles. The summed E-state index contributed by atoms with van der Waals surface area (Å²) in [6, 6.07) is 14.7. The second kappa shape index (κ2) is 8.11. The minimum atomic E-state index is -0.0113. The van der Waals surface area contributed by atoms with E-state index < -0.39 is 0 Å². The minimum Gasteiger partial charge on any atom is -0.493 e. The summed E-state index contributed by atoms with van der Waals surface area (Å²) in [6.07, 6.45) is 5.84. The van der Waals surface area contributed by atoms with E-state index in [0.717, 1.165) is 26.7 Å². The van der Waals surface area contributed by atoms with Crippen LogP contribution in [0.3, 0.4) is 0 Å². The lowest BCUT2D eigenvalue weighted by Crippen LogP contribution is -2.10. The molecule has 0 amide bonds. The molecule has 4 aromatic rings. The first-order chi connectivity index (χ1) is 15.0. The van der Waals surface area contributed by atoms with E-state index in [1.807, 2.05) is 18.2 Å². The van der Waals surface area contributed by atoms with Crippen molar-refractivity contribution < 1.29 is 5.11 Å². The highest BCUT2D eigenvalue weighted by molar-refractivity contribution is 9.10. The summed E-state index contributed by atoms with van der Waals surface area (Å²) in [4.78, 5) is 14.4. The lowest BCUT2D eigenvalue weighted by molar-refractivity contribution is 0.460. The highest BCUT2D eigenvalue weighted by Crippen LogP contribution is 2.36. The summed E-state index contributed by atoms with van der Waals surface area (Å²) in [5, 5.41) is 11.5. The molecule has 31 heavy (non-hydrogen) atoms. The van der Waals surface area contributed by atoms with Crippen molar-refractivity contribution in [1.29, 1.82) is 0 Å². The van der Waals surface area contributed by atoms with Gasteiger partial charge in [-0.2, -0.15) is 0 Å². The van der Waals surface area contributed by atoms with E-state index in [-0.39, 0.29) is 5.88 Å². The number of nitrogen functional groups attached to an aromatic ring is 1. The third kappa shape index (κ3) is 4.11. The third-order valence-electron chi connectivity index (χ3n) is 5.35. The largest absolute Gasteiger partial charge is 0.493 e. The van der Waals surface area contributed by atoms with Gasteiger partial charge in [0.15, 0.2) is 0 Å². The van der Waals surface area contributed by atoms with Crippen molar-refractivity contribution in [3.63, 3.8) is 0 Å². The van der Waals surface area contributed by atoms with E-state index in [1.165, 1.54) is 17.7 Å². The fourth-order valence-corrected chi connectivity index (χ4v) is 4.84. The van der Waals surface area contributed by atoms with Crippen molar-refractivity contribution in [2.75, 3.05) is 12.8 Å². The second-order valence-electron chi connectivity index (χ2n) is 7.57. The van der Waals surface area contributed by atoms with Crippen LogP contribution < -0.4 is 5.73 Å². The van der Waals surface area contributed by atoms with Gasteiger partial charge >= 0.3 is 0 Å². The molecule has 0 saturated heterocycles. The Hall–Kier alpha value is -2.68. The van der Waals surface area contributed by atoms with E-state index in [9.17, 15) is 5.11 Å². The number of rotatable bonds is 5. The average molecular weight is 494 g/mol. The minimum absolute atomic E-state index is 0.0113. The molecule has 1 fully saturated rings. The zero-order chi connectivity index (χ0) is 21.5. The standard InChI is InChI=1S/C23H20BrN5OS/c1-29(15-5-6-15)31-16-7-2-13(3-8-16)20-12-26-22(25)21(28-20)14-4-9-17-18(10-14)19(24)11-27-23(17)30/h2-4,7-12,15H,5-6H2,1H3,(H2,25,26)(H,27,30). The van der Waals surface area contributed by atoms with Gasteiger partial charge in [0.2, 0.25) is 5.88 Å². The maximum atomic E-state index is 10.0. The molecule has 0 spiro atoms. The summed E-state index contributed by atoms with van der Waals surface area (Å²) < 4.78 is 3.11. The molecule has 0 unspecified atom stereocenters. The van der Waals surface area contributed by atoms with Crippen molar-refractivity contribution in [2.45, 2.75) is 23.8 Å². The predicted octanol–water partition coefficient (Wildman–Crippen LogP) is 5.51. The van der Waals surface area contributed by atoms with Crippen LogP contribution in [0.1, 0.15) is 12.8 Å². The monoisotopic (exact) mass is 493 g/mol. The average Bonchev–Trinajstić information content (AvgIpc) is 3.63. The molecule has 1 aliphatic carbocycles. The Morgan fingerprint density at radius 3 is 2.52 bits per heavy atom. The van der Waals surface area contributed by atoms with Gasteiger partial charge in [-0.1, -0.05) is 18.2 Å². The Kier molecular flexibility index (Phi) is 5.29. The maximum Gasteiger partial charge on any atom is 0.218 e. The van der Waals surface area contributed by atoms with Gasteiger partial charge in [0, 0.05) is 43.5 Å². The first-order valence-corrected chi connectivity index (χ1v) is 11.5. The molecule has 156 valence electrons. The number of nitrogens with zero attached hydrogens (tertiary/aromatic N) is 4. The number of anilines is 1. The van der Waals surface area contributed by atoms with Crippen molar-refractivity contribution in [3.05, 3.63) is 59.3 Å². The Morgan fingerprint density at radius 2 is 1.77 bits per heavy atom. The van der Waals surface area contributed by atoms with Crippen LogP contribution in [-0.2, 0) is 0 Å².